The molecule has 3 aliphatic rings. The van der Waals surface area contributed by atoms with E-state index < -0.39 is 21.8 Å². The van der Waals surface area contributed by atoms with Gasteiger partial charge in [0.2, 0.25) is 0 Å². The molecule has 160 valence electrons. The maximum atomic E-state index is 12.9. The smallest absolute Gasteiger partial charge is 0.368 e. The Bertz CT molecular complexity index is 1060. The number of alkyl halides is 3. The molecule has 0 aliphatic carbocycles. The first-order valence-corrected chi connectivity index (χ1v) is 10.9. The lowest BCUT2D eigenvalue weighted by Gasteiger charge is -2.37. The molecule has 3 heterocycles. The Morgan fingerprint density at radius 2 is 1.77 bits per heavy atom. The molecule has 3 aliphatic heterocycles. The summed E-state index contributed by atoms with van der Waals surface area (Å²) in [4.78, 5) is 17.9. The minimum atomic E-state index is -4.40. The van der Waals surface area contributed by atoms with Crippen LogP contribution in [0, 0.1) is 0 Å². The van der Waals surface area contributed by atoms with Crippen LogP contribution in [-0.2, 0) is 21.0 Å². The third-order valence-electron chi connectivity index (χ3n) is 5.18. The number of piperazine rings is 1. The minimum Gasteiger partial charge on any atom is -0.368 e. The molecule has 30 heavy (non-hydrogen) atoms. The van der Waals surface area contributed by atoms with Gasteiger partial charge < -0.3 is 14.7 Å². The van der Waals surface area contributed by atoms with Gasteiger partial charge >= 0.3 is 6.18 Å². The van der Waals surface area contributed by atoms with Crippen molar-refractivity contribution >= 4 is 27.5 Å². The zero-order valence-corrected chi connectivity index (χ0v) is 16.7. The van der Waals surface area contributed by atoms with Gasteiger partial charge in [0.05, 0.1) is 16.9 Å². The quantitative estimate of drug-likeness (QED) is 0.702. The molecule has 7 nitrogen and oxygen atoms in total. The summed E-state index contributed by atoms with van der Waals surface area (Å²) in [5.74, 6) is -0.0348. The van der Waals surface area contributed by atoms with Crippen LogP contribution in [0.5, 0.6) is 0 Å². The molecule has 1 saturated heterocycles. The van der Waals surface area contributed by atoms with E-state index in [0.717, 1.165) is 12.1 Å². The van der Waals surface area contributed by atoms with Gasteiger partial charge in [0.15, 0.2) is 0 Å². The third kappa shape index (κ3) is 4.20. The first-order chi connectivity index (χ1) is 14.1. The van der Waals surface area contributed by atoms with E-state index in [1.54, 1.807) is 22.1 Å². The number of halogens is 3. The number of carbonyl (C=O) groups excluding carboxylic acids is 1. The summed E-state index contributed by atoms with van der Waals surface area (Å²) in [5, 5.41) is 0. The lowest BCUT2D eigenvalue weighted by atomic mass is 10.1. The van der Waals surface area contributed by atoms with Crippen molar-refractivity contribution in [2.75, 3.05) is 43.4 Å². The predicted molar refractivity (Wildman–Crippen MR) is 105 cm³/mol. The van der Waals surface area contributed by atoms with Gasteiger partial charge in [0.25, 0.3) is 15.9 Å². The number of amidine groups is 1. The van der Waals surface area contributed by atoms with Crippen LogP contribution >= 0.6 is 0 Å². The largest absolute Gasteiger partial charge is 0.416 e. The summed E-state index contributed by atoms with van der Waals surface area (Å²) in [6.45, 7) is 1.80. The number of benzene rings is 1. The molecular formula is C19H19F3N4O3S. The number of amides is 1. The van der Waals surface area contributed by atoms with E-state index in [1.807, 2.05) is 4.90 Å². The van der Waals surface area contributed by atoms with Crippen molar-refractivity contribution in [1.29, 1.82) is 0 Å². The Labute approximate surface area is 171 Å². The molecule has 0 unspecified atom stereocenters. The van der Waals surface area contributed by atoms with Crippen LogP contribution in [0.15, 0.2) is 52.6 Å². The lowest BCUT2D eigenvalue weighted by Crippen LogP contribution is -2.49. The maximum Gasteiger partial charge on any atom is 0.416 e. The van der Waals surface area contributed by atoms with Crippen molar-refractivity contribution in [3.05, 3.63) is 53.8 Å². The fourth-order valence-corrected chi connectivity index (χ4v) is 4.53. The maximum absolute atomic E-state index is 12.9. The normalized spacial score (nSPS) is 21.1. The zero-order chi connectivity index (χ0) is 21.5. The van der Waals surface area contributed by atoms with E-state index in [0.29, 0.717) is 37.4 Å². The molecule has 0 aromatic heterocycles. The van der Waals surface area contributed by atoms with Crippen molar-refractivity contribution in [3.63, 3.8) is 0 Å². The zero-order valence-electron chi connectivity index (χ0n) is 15.8. The Morgan fingerprint density at radius 3 is 2.47 bits per heavy atom. The average molecular weight is 440 g/mol. The number of rotatable bonds is 2. The van der Waals surface area contributed by atoms with Crippen molar-refractivity contribution in [3.8, 4) is 0 Å². The molecule has 0 bridgehead atoms. The number of carbonyl (C=O) groups is 1. The summed E-state index contributed by atoms with van der Waals surface area (Å²) in [7, 11) is -3.46. The number of fused-ring (bicyclic) bond motifs is 1. The number of hydrogen-bond acceptors (Lipinski definition) is 5. The van der Waals surface area contributed by atoms with Gasteiger partial charge in [-0.2, -0.15) is 13.2 Å². The van der Waals surface area contributed by atoms with Crippen LogP contribution in [0.4, 0.5) is 18.9 Å². The summed E-state index contributed by atoms with van der Waals surface area (Å²) < 4.78 is 65.7. The monoisotopic (exact) mass is 440 g/mol. The van der Waals surface area contributed by atoms with Gasteiger partial charge in [-0.05, 0) is 30.4 Å². The molecule has 0 atom stereocenters. The Balaban J connectivity index is 1.41. The first kappa shape index (κ1) is 20.5. The molecule has 4 rings (SSSR count). The van der Waals surface area contributed by atoms with Gasteiger partial charge in [-0.1, -0.05) is 6.07 Å². The highest BCUT2D eigenvalue weighted by Gasteiger charge is 2.32. The van der Waals surface area contributed by atoms with E-state index in [-0.39, 0.29) is 24.0 Å². The molecular weight excluding hydrogens is 421 g/mol. The molecule has 0 spiro atoms. The Morgan fingerprint density at radius 1 is 1.03 bits per heavy atom. The lowest BCUT2D eigenvalue weighted by molar-refractivity contribution is -0.137. The van der Waals surface area contributed by atoms with E-state index in [9.17, 15) is 26.4 Å². The Kier molecular flexibility index (Phi) is 5.08. The first-order valence-electron chi connectivity index (χ1n) is 9.33. The van der Waals surface area contributed by atoms with Crippen molar-refractivity contribution in [1.82, 2.24) is 9.80 Å². The molecule has 11 heteroatoms. The second-order valence-electron chi connectivity index (χ2n) is 7.17. The summed E-state index contributed by atoms with van der Waals surface area (Å²) in [6, 6.07) is 5.17. The van der Waals surface area contributed by atoms with Gasteiger partial charge in [-0.15, -0.1) is 4.40 Å². The van der Waals surface area contributed by atoms with Gasteiger partial charge in [-0.25, -0.2) is 8.42 Å². The number of anilines is 1. The molecule has 0 saturated carbocycles. The summed E-state index contributed by atoms with van der Waals surface area (Å²) >= 11 is 0. The van der Waals surface area contributed by atoms with Crippen LogP contribution in [0.1, 0.15) is 5.56 Å². The minimum absolute atomic E-state index is 0.113. The molecule has 1 fully saturated rings. The molecule has 0 N–H and O–H groups in total. The number of sulfonamides is 1. The second-order valence-corrected chi connectivity index (χ2v) is 8.93. The molecule has 1 aromatic carbocycles. The van der Waals surface area contributed by atoms with Crippen LogP contribution in [0.2, 0.25) is 0 Å². The third-order valence-corrected chi connectivity index (χ3v) is 6.34. The SMILES string of the molecule is O=C(C1=CN2CCS(=O)(=O)N=C2C=C1)N1CCN(c2cccc(C(F)(F)F)c2)CC1. The van der Waals surface area contributed by atoms with Crippen molar-refractivity contribution < 1.29 is 26.4 Å². The van der Waals surface area contributed by atoms with Crippen LogP contribution < -0.4 is 4.90 Å². The average Bonchev–Trinajstić information content (AvgIpc) is 2.72. The Hall–Kier alpha value is -2.82. The molecule has 0 radical (unpaired) electrons. The fourth-order valence-electron chi connectivity index (χ4n) is 3.56. The number of nitrogens with zero attached hydrogens (tertiary/aromatic N) is 4. The highest BCUT2D eigenvalue weighted by molar-refractivity contribution is 7.90. The highest BCUT2D eigenvalue weighted by atomic mass is 32.2. The van der Waals surface area contributed by atoms with E-state index in [4.69, 9.17) is 0 Å². The second kappa shape index (κ2) is 7.46. The van der Waals surface area contributed by atoms with E-state index >= 15 is 0 Å². The van der Waals surface area contributed by atoms with Crippen molar-refractivity contribution in [2.45, 2.75) is 6.18 Å². The molecule has 1 amide bonds. The van der Waals surface area contributed by atoms with Crippen LogP contribution in [-0.4, -0.2) is 68.4 Å². The summed E-state index contributed by atoms with van der Waals surface area (Å²) in [5.41, 5.74) is 0.196. The summed E-state index contributed by atoms with van der Waals surface area (Å²) in [6.07, 6.45) is 0.235. The van der Waals surface area contributed by atoms with Crippen LogP contribution in [0.25, 0.3) is 0 Å². The standard InChI is InChI=1S/C19H19F3N4O3S/c20-19(21,22)15-2-1-3-16(12-15)24-6-8-25(9-7-24)18(27)14-4-5-17-23-30(28,29)11-10-26(17)13-14/h1-5,12-13H,6-11H2. The number of hydrogen-bond donors (Lipinski definition) is 0. The van der Waals surface area contributed by atoms with Gasteiger partial charge in [-0.3, -0.25) is 4.79 Å². The fraction of sp³-hybridized carbons (Fsp3) is 0.368. The van der Waals surface area contributed by atoms with E-state index in [1.165, 1.54) is 18.2 Å². The topological polar surface area (TPSA) is 73.3 Å². The van der Waals surface area contributed by atoms with Crippen molar-refractivity contribution in [2.24, 2.45) is 4.40 Å². The predicted octanol–water partition coefficient (Wildman–Crippen LogP) is 1.85. The highest BCUT2D eigenvalue weighted by Crippen LogP contribution is 2.32. The van der Waals surface area contributed by atoms with Crippen LogP contribution in [0.3, 0.4) is 0 Å². The van der Waals surface area contributed by atoms with Gasteiger partial charge in [0.1, 0.15) is 5.84 Å². The van der Waals surface area contributed by atoms with Gasteiger partial charge in [0, 0.05) is 44.6 Å². The molecule has 1 aromatic rings. The van der Waals surface area contributed by atoms with E-state index in [2.05, 4.69) is 4.40 Å².